The molecule has 2 aromatic carbocycles. The van der Waals surface area contributed by atoms with E-state index in [2.05, 4.69) is 60.5 Å². The predicted molar refractivity (Wildman–Crippen MR) is 98.4 cm³/mol. The van der Waals surface area contributed by atoms with Crippen molar-refractivity contribution in [1.29, 1.82) is 0 Å². The van der Waals surface area contributed by atoms with E-state index in [1.165, 1.54) is 16.8 Å². The fourth-order valence-electron chi connectivity index (χ4n) is 2.78. The fraction of sp³-hybridized carbons (Fsp3) is 0.400. The van der Waals surface area contributed by atoms with Crippen LogP contribution in [0.1, 0.15) is 25.0 Å². The van der Waals surface area contributed by atoms with Crippen molar-refractivity contribution in [2.24, 2.45) is 0 Å². The lowest BCUT2D eigenvalue weighted by Gasteiger charge is -2.21. The van der Waals surface area contributed by atoms with Gasteiger partial charge in [0, 0.05) is 25.3 Å². The topological polar surface area (TPSA) is 24.5 Å². The van der Waals surface area contributed by atoms with Gasteiger partial charge in [0.1, 0.15) is 5.75 Å². The van der Waals surface area contributed by atoms with E-state index in [0.29, 0.717) is 0 Å². The first-order valence-corrected chi connectivity index (χ1v) is 8.45. The van der Waals surface area contributed by atoms with Gasteiger partial charge in [0.15, 0.2) is 0 Å². The summed E-state index contributed by atoms with van der Waals surface area (Å²) in [5.41, 5.74) is 3.87. The summed E-state index contributed by atoms with van der Waals surface area (Å²) in [5.74, 6) is 0.970. The Hall–Kier alpha value is -2.00. The summed E-state index contributed by atoms with van der Waals surface area (Å²) < 4.78 is 5.39. The quantitative estimate of drug-likeness (QED) is 0.711. The van der Waals surface area contributed by atoms with Gasteiger partial charge >= 0.3 is 0 Å². The Morgan fingerprint density at radius 1 is 0.957 bits per heavy atom. The largest absolute Gasteiger partial charge is 0.496 e. The lowest BCUT2D eigenvalue weighted by molar-refractivity contribution is 0.409. The van der Waals surface area contributed by atoms with Crippen LogP contribution in [0, 0.1) is 0 Å². The van der Waals surface area contributed by atoms with Crippen LogP contribution in [0.15, 0.2) is 48.5 Å². The molecule has 0 spiro atoms. The van der Waals surface area contributed by atoms with Crippen LogP contribution < -0.4 is 15.0 Å². The van der Waals surface area contributed by atoms with E-state index in [9.17, 15) is 0 Å². The second-order valence-electron chi connectivity index (χ2n) is 5.58. The van der Waals surface area contributed by atoms with Crippen LogP contribution in [0.3, 0.4) is 0 Å². The first-order chi connectivity index (χ1) is 11.3. The average molecular weight is 312 g/mol. The number of rotatable bonds is 9. The molecule has 0 aliphatic rings. The molecule has 0 bridgehead atoms. The van der Waals surface area contributed by atoms with E-state index in [1.54, 1.807) is 7.11 Å². The Balaban J connectivity index is 1.80. The molecule has 0 fully saturated rings. The van der Waals surface area contributed by atoms with Crippen molar-refractivity contribution < 1.29 is 4.74 Å². The second kappa shape index (κ2) is 9.21. The molecule has 0 amide bonds. The Labute approximate surface area is 140 Å². The predicted octanol–water partition coefficient (Wildman–Crippen LogP) is 3.87. The Kier molecular flexibility index (Phi) is 6.95. The molecular weight excluding hydrogens is 284 g/mol. The van der Waals surface area contributed by atoms with Crippen molar-refractivity contribution in [3.05, 3.63) is 59.7 Å². The van der Waals surface area contributed by atoms with E-state index >= 15 is 0 Å². The van der Waals surface area contributed by atoms with E-state index in [0.717, 1.165) is 38.3 Å². The van der Waals surface area contributed by atoms with Crippen LogP contribution >= 0.6 is 0 Å². The molecule has 0 aromatic heterocycles. The monoisotopic (exact) mass is 312 g/mol. The summed E-state index contributed by atoms with van der Waals surface area (Å²) in [6.45, 7) is 8.32. The molecule has 2 rings (SSSR count). The number of anilines is 1. The molecule has 1 N–H and O–H groups in total. The van der Waals surface area contributed by atoms with Gasteiger partial charge in [-0.1, -0.05) is 30.3 Å². The summed E-state index contributed by atoms with van der Waals surface area (Å²) in [5, 5.41) is 3.51. The maximum absolute atomic E-state index is 5.39. The molecule has 0 heterocycles. The molecule has 0 saturated carbocycles. The minimum Gasteiger partial charge on any atom is -0.496 e. The molecule has 0 unspecified atom stereocenters. The van der Waals surface area contributed by atoms with Gasteiger partial charge in [0.25, 0.3) is 0 Å². The maximum atomic E-state index is 5.39. The molecule has 0 aliphatic carbocycles. The van der Waals surface area contributed by atoms with Gasteiger partial charge in [-0.25, -0.2) is 0 Å². The normalized spacial score (nSPS) is 10.6. The molecule has 0 atom stereocenters. The molecule has 0 saturated heterocycles. The summed E-state index contributed by atoms with van der Waals surface area (Å²) in [6.07, 6.45) is 0.974. The molecule has 23 heavy (non-hydrogen) atoms. The lowest BCUT2D eigenvalue weighted by atomic mass is 10.1. The van der Waals surface area contributed by atoms with E-state index in [1.807, 2.05) is 12.1 Å². The van der Waals surface area contributed by atoms with Crippen LogP contribution in [0.5, 0.6) is 5.75 Å². The van der Waals surface area contributed by atoms with Crippen molar-refractivity contribution in [1.82, 2.24) is 5.32 Å². The van der Waals surface area contributed by atoms with Crippen LogP contribution in [0.4, 0.5) is 5.69 Å². The Bertz CT molecular complexity index is 576. The third-order valence-electron chi connectivity index (χ3n) is 4.16. The van der Waals surface area contributed by atoms with Crippen molar-refractivity contribution in [2.45, 2.75) is 26.8 Å². The second-order valence-corrected chi connectivity index (χ2v) is 5.58. The molecule has 0 aliphatic heterocycles. The molecule has 3 nitrogen and oxygen atoms in total. The number of nitrogens with zero attached hydrogens (tertiary/aromatic N) is 1. The number of hydrogen-bond donors (Lipinski definition) is 1. The van der Waals surface area contributed by atoms with Crippen LogP contribution in [-0.4, -0.2) is 26.7 Å². The SMILES string of the molecule is CCN(CC)c1ccc(CNCCc2ccccc2OC)cc1. The van der Waals surface area contributed by atoms with Crippen LogP contribution in [-0.2, 0) is 13.0 Å². The van der Waals surface area contributed by atoms with Crippen molar-refractivity contribution in [3.63, 3.8) is 0 Å². The zero-order valence-corrected chi connectivity index (χ0v) is 14.5. The number of benzene rings is 2. The number of ether oxygens (including phenoxy) is 1. The zero-order chi connectivity index (χ0) is 16.5. The summed E-state index contributed by atoms with van der Waals surface area (Å²) >= 11 is 0. The molecule has 0 radical (unpaired) electrons. The molecule has 2 aromatic rings. The highest BCUT2D eigenvalue weighted by molar-refractivity contribution is 5.47. The van der Waals surface area contributed by atoms with Crippen molar-refractivity contribution in [3.8, 4) is 5.75 Å². The van der Waals surface area contributed by atoms with Gasteiger partial charge in [0.2, 0.25) is 0 Å². The third-order valence-corrected chi connectivity index (χ3v) is 4.16. The highest BCUT2D eigenvalue weighted by atomic mass is 16.5. The third kappa shape index (κ3) is 5.00. The van der Waals surface area contributed by atoms with E-state index in [4.69, 9.17) is 4.74 Å². The van der Waals surface area contributed by atoms with E-state index < -0.39 is 0 Å². The van der Waals surface area contributed by atoms with Gasteiger partial charge in [0.05, 0.1) is 7.11 Å². The number of hydrogen-bond acceptors (Lipinski definition) is 3. The molecule has 124 valence electrons. The summed E-state index contributed by atoms with van der Waals surface area (Å²) in [4.78, 5) is 2.36. The highest BCUT2D eigenvalue weighted by Gasteiger charge is 2.03. The highest BCUT2D eigenvalue weighted by Crippen LogP contribution is 2.17. The van der Waals surface area contributed by atoms with Gasteiger partial charge in [-0.05, 0) is 56.1 Å². The minimum atomic E-state index is 0.897. The lowest BCUT2D eigenvalue weighted by Crippen LogP contribution is -2.21. The average Bonchev–Trinajstić information content (AvgIpc) is 2.61. The summed E-state index contributed by atoms with van der Waals surface area (Å²) in [6, 6.07) is 17.1. The van der Waals surface area contributed by atoms with Crippen LogP contribution in [0.25, 0.3) is 0 Å². The van der Waals surface area contributed by atoms with Crippen molar-refractivity contribution in [2.75, 3.05) is 31.6 Å². The maximum Gasteiger partial charge on any atom is 0.122 e. The number of nitrogens with one attached hydrogen (secondary N) is 1. The van der Waals surface area contributed by atoms with Gasteiger partial charge < -0.3 is 15.0 Å². The first-order valence-electron chi connectivity index (χ1n) is 8.45. The summed E-state index contributed by atoms with van der Waals surface area (Å²) in [7, 11) is 1.73. The van der Waals surface area contributed by atoms with Crippen LogP contribution in [0.2, 0.25) is 0 Å². The Morgan fingerprint density at radius 3 is 2.30 bits per heavy atom. The Morgan fingerprint density at radius 2 is 1.65 bits per heavy atom. The number of para-hydroxylation sites is 1. The number of methoxy groups -OCH3 is 1. The zero-order valence-electron chi connectivity index (χ0n) is 14.5. The van der Waals surface area contributed by atoms with Gasteiger partial charge in [-0.3, -0.25) is 0 Å². The first kappa shape index (κ1) is 17.4. The van der Waals surface area contributed by atoms with Gasteiger partial charge in [-0.2, -0.15) is 0 Å². The van der Waals surface area contributed by atoms with Gasteiger partial charge in [-0.15, -0.1) is 0 Å². The van der Waals surface area contributed by atoms with E-state index in [-0.39, 0.29) is 0 Å². The smallest absolute Gasteiger partial charge is 0.122 e. The molecular formula is C20H28N2O. The molecule has 3 heteroatoms. The minimum absolute atomic E-state index is 0.897. The fourth-order valence-corrected chi connectivity index (χ4v) is 2.78. The van der Waals surface area contributed by atoms with Crippen molar-refractivity contribution >= 4 is 5.69 Å². The standard InChI is InChI=1S/C20H28N2O/c1-4-22(5-2)19-12-10-17(11-13-19)16-21-15-14-18-8-6-7-9-20(18)23-3/h6-13,21H,4-5,14-16H2,1-3H3.